The first-order valence-electron chi connectivity index (χ1n) is 10.4. The lowest BCUT2D eigenvalue weighted by Crippen LogP contribution is -2.42. The molecule has 1 amide bonds. The Kier molecular flexibility index (Phi) is 7.59. The van der Waals surface area contributed by atoms with Gasteiger partial charge in [0.25, 0.3) is 10.0 Å². The first-order valence-corrected chi connectivity index (χ1v) is 12.2. The van der Waals surface area contributed by atoms with Gasteiger partial charge in [-0.1, -0.05) is 66.6 Å². The van der Waals surface area contributed by atoms with Gasteiger partial charge in [0.1, 0.15) is 6.54 Å². The van der Waals surface area contributed by atoms with Crippen LogP contribution in [0.5, 0.6) is 0 Å². The van der Waals surface area contributed by atoms with Gasteiger partial charge < -0.3 is 5.32 Å². The van der Waals surface area contributed by atoms with Crippen LogP contribution in [0, 0.1) is 13.8 Å². The third kappa shape index (κ3) is 5.50. The second kappa shape index (κ2) is 10.2. The standard InChI is InChI=1S/C25H27ClN2O3S/c1-4-24(23-14-13-18(2)15-19(23)3)27-25(29)17-28(21-10-8-9-20(26)16-21)32(30,31)22-11-6-5-7-12-22/h5-16,24H,4,17H2,1-3H3,(H,27,29). The number of amides is 1. The van der Waals surface area contributed by atoms with Crippen molar-refractivity contribution >= 4 is 33.2 Å². The van der Waals surface area contributed by atoms with E-state index in [4.69, 9.17) is 11.6 Å². The van der Waals surface area contributed by atoms with Crippen molar-refractivity contribution < 1.29 is 13.2 Å². The fraction of sp³-hybridized carbons (Fsp3) is 0.240. The highest BCUT2D eigenvalue weighted by molar-refractivity contribution is 7.92. The molecule has 1 unspecified atom stereocenters. The fourth-order valence-electron chi connectivity index (χ4n) is 3.65. The molecule has 5 nitrogen and oxygen atoms in total. The highest BCUT2D eigenvalue weighted by atomic mass is 35.5. The minimum absolute atomic E-state index is 0.106. The van der Waals surface area contributed by atoms with Crippen LogP contribution < -0.4 is 9.62 Å². The molecule has 0 aliphatic heterocycles. The maximum Gasteiger partial charge on any atom is 0.264 e. The lowest BCUT2D eigenvalue weighted by molar-refractivity contribution is -0.120. The first kappa shape index (κ1) is 23.8. The van der Waals surface area contributed by atoms with E-state index < -0.39 is 15.9 Å². The Balaban J connectivity index is 1.91. The Bertz CT molecular complexity index is 1200. The zero-order valence-corrected chi connectivity index (χ0v) is 20.0. The van der Waals surface area contributed by atoms with Crippen molar-refractivity contribution in [2.24, 2.45) is 0 Å². The molecule has 0 bridgehead atoms. The largest absolute Gasteiger partial charge is 0.348 e. The van der Waals surface area contributed by atoms with E-state index in [1.54, 1.807) is 36.4 Å². The summed E-state index contributed by atoms with van der Waals surface area (Å²) in [6, 6.07) is 20.4. The van der Waals surface area contributed by atoms with Crippen molar-refractivity contribution in [3.63, 3.8) is 0 Å². The number of sulfonamides is 1. The predicted molar refractivity (Wildman–Crippen MR) is 130 cm³/mol. The van der Waals surface area contributed by atoms with Gasteiger partial charge in [-0.05, 0) is 61.7 Å². The molecule has 3 aromatic carbocycles. The zero-order chi connectivity index (χ0) is 23.3. The summed E-state index contributed by atoms with van der Waals surface area (Å²) in [5.74, 6) is -0.392. The smallest absolute Gasteiger partial charge is 0.264 e. The molecule has 0 radical (unpaired) electrons. The second-order valence-corrected chi connectivity index (χ2v) is 9.99. The maximum atomic E-state index is 13.4. The van der Waals surface area contributed by atoms with Gasteiger partial charge in [0.15, 0.2) is 0 Å². The molecule has 0 aliphatic rings. The molecule has 0 aromatic heterocycles. The van der Waals surface area contributed by atoms with Gasteiger partial charge in [0.05, 0.1) is 16.6 Å². The lowest BCUT2D eigenvalue weighted by atomic mass is 9.97. The number of carbonyl (C=O) groups excluding carboxylic acids is 1. The summed E-state index contributed by atoms with van der Waals surface area (Å²) in [5, 5.41) is 3.39. The third-order valence-corrected chi connectivity index (χ3v) is 7.28. The molecular weight excluding hydrogens is 444 g/mol. The van der Waals surface area contributed by atoms with Crippen molar-refractivity contribution in [1.82, 2.24) is 5.32 Å². The molecule has 32 heavy (non-hydrogen) atoms. The Morgan fingerprint density at radius 2 is 1.72 bits per heavy atom. The van der Waals surface area contributed by atoms with Gasteiger partial charge in [-0.25, -0.2) is 8.42 Å². The van der Waals surface area contributed by atoms with Crippen molar-refractivity contribution in [2.75, 3.05) is 10.8 Å². The van der Waals surface area contributed by atoms with E-state index in [1.165, 1.54) is 18.2 Å². The van der Waals surface area contributed by atoms with Gasteiger partial charge >= 0.3 is 0 Å². The topological polar surface area (TPSA) is 66.5 Å². The Morgan fingerprint density at radius 1 is 1.00 bits per heavy atom. The van der Waals surface area contributed by atoms with Crippen LogP contribution >= 0.6 is 11.6 Å². The van der Waals surface area contributed by atoms with E-state index in [-0.39, 0.29) is 17.5 Å². The van der Waals surface area contributed by atoms with Crippen molar-refractivity contribution in [3.8, 4) is 0 Å². The quantitative estimate of drug-likeness (QED) is 0.478. The number of hydrogen-bond acceptors (Lipinski definition) is 3. The lowest BCUT2D eigenvalue weighted by Gasteiger charge is -2.26. The number of halogens is 1. The molecule has 0 aliphatic carbocycles. The molecule has 7 heteroatoms. The van der Waals surface area contributed by atoms with E-state index in [2.05, 4.69) is 11.4 Å². The van der Waals surface area contributed by atoms with Crippen LogP contribution in [0.4, 0.5) is 5.69 Å². The number of carbonyl (C=O) groups is 1. The maximum absolute atomic E-state index is 13.4. The number of rotatable bonds is 8. The summed E-state index contributed by atoms with van der Waals surface area (Å²) in [6.07, 6.45) is 0.679. The van der Waals surface area contributed by atoms with Crippen molar-refractivity contribution in [3.05, 3.63) is 94.5 Å². The van der Waals surface area contributed by atoms with Gasteiger partial charge in [-0.2, -0.15) is 0 Å². The van der Waals surface area contributed by atoms with Crippen molar-refractivity contribution in [1.29, 1.82) is 0 Å². The molecule has 0 saturated carbocycles. The number of anilines is 1. The normalized spacial score (nSPS) is 12.2. The summed E-state index contributed by atoms with van der Waals surface area (Å²) < 4.78 is 27.9. The molecule has 1 N–H and O–H groups in total. The van der Waals surface area contributed by atoms with Gasteiger partial charge in [-0.3, -0.25) is 9.10 Å². The van der Waals surface area contributed by atoms with Crippen LogP contribution in [0.3, 0.4) is 0 Å². The van der Waals surface area contributed by atoms with E-state index in [1.807, 2.05) is 32.9 Å². The molecule has 0 fully saturated rings. The summed E-state index contributed by atoms with van der Waals surface area (Å²) in [7, 11) is -3.97. The summed E-state index contributed by atoms with van der Waals surface area (Å²) in [4.78, 5) is 13.2. The average Bonchev–Trinajstić information content (AvgIpc) is 2.76. The molecule has 3 rings (SSSR count). The zero-order valence-electron chi connectivity index (χ0n) is 18.4. The minimum atomic E-state index is -3.97. The van der Waals surface area contributed by atoms with Crippen LogP contribution in [-0.2, 0) is 14.8 Å². The molecule has 0 spiro atoms. The van der Waals surface area contributed by atoms with E-state index in [0.717, 1.165) is 21.0 Å². The Hall–Kier alpha value is -2.83. The SMILES string of the molecule is CCC(NC(=O)CN(c1cccc(Cl)c1)S(=O)(=O)c1ccccc1)c1ccc(C)cc1C. The Morgan fingerprint density at radius 3 is 2.34 bits per heavy atom. The molecular formula is C25H27ClN2O3S. The number of aryl methyl sites for hydroxylation is 2. The second-order valence-electron chi connectivity index (χ2n) is 7.69. The molecule has 0 heterocycles. The summed E-state index contributed by atoms with van der Waals surface area (Å²) in [6.45, 7) is 5.65. The molecule has 3 aromatic rings. The van der Waals surface area contributed by atoms with Crippen LogP contribution in [0.1, 0.15) is 36.1 Å². The van der Waals surface area contributed by atoms with E-state index >= 15 is 0 Å². The minimum Gasteiger partial charge on any atom is -0.348 e. The number of benzene rings is 3. The number of nitrogens with zero attached hydrogens (tertiary/aromatic N) is 1. The van der Waals surface area contributed by atoms with Gasteiger partial charge in [-0.15, -0.1) is 0 Å². The van der Waals surface area contributed by atoms with Crippen LogP contribution in [-0.4, -0.2) is 20.9 Å². The monoisotopic (exact) mass is 470 g/mol. The summed E-state index contributed by atoms with van der Waals surface area (Å²) in [5.41, 5.74) is 3.58. The van der Waals surface area contributed by atoms with Crippen LogP contribution in [0.25, 0.3) is 0 Å². The van der Waals surface area contributed by atoms with Crippen molar-refractivity contribution in [2.45, 2.75) is 38.1 Å². The molecule has 0 saturated heterocycles. The first-order chi connectivity index (χ1) is 15.2. The Labute approximate surface area is 195 Å². The van der Waals surface area contributed by atoms with E-state index in [9.17, 15) is 13.2 Å². The summed E-state index contributed by atoms with van der Waals surface area (Å²) >= 11 is 6.12. The fourth-order valence-corrected chi connectivity index (χ4v) is 5.27. The molecule has 168 valence electrons. The average molecular weight is 471 g/mol. The predicted octanol–water partition coefficient (Wildman–Crippen LogP) is 5.42. The molecule has 1 atom stereocenters. The highest BCUT2D eigenvalue weighted by Crippen LogP contribution is 2.27. The highest BCUT2D eigenvalue weighted by Gasteiger charge is 2.28. The van der Waals surface area contributed by atoms with Gasteiger partial charge in [0.2, 0.25) is 5.91 Å². The van der Waals surface area contributed by atoms with E-state index in [0.29, 0.717) is 17.1 Å². The van der Waals surface area contributed by atoms with Crippen LogP contribution in [0.2, 0.25) is 5.02 Å². The van der Waals surface area contributed by atoms with Gasteiger partial charge in [0, 0.05) is 5.02 Å². The van der Waals surface area contributed by atoms with Crippen LogP contribution in [0.15, 0.2) is 77.7 Å². The third-order valence-electron chi connectivity index (χ3n) is 5.26. The number of hydrogen-bond donors (Lipinski definition) is 1. The number of nitrogens with one attached hydrogen (secondary N) is 1.